The van der Waals surface area contributed by atoms with E-state index in [0.29, 0.717) is 6.42 Å². The van der Waals surface area contributed by atoms with Gasteiger partial charge in [0.2, 0.25) is 0 Å². The van der Waals surface area contributed by atoms with Crippen LogP contribution in [0.4, 0.5) is 0 Å². The van der Waals surface area contributed by atoms with E-state index < -0.39 is 11.5 Å². The number of nitrogens with zero attached hydrogens (tertiary/aromatic N) is 3. The van der Waals surface area contributed by atoms with Crippen LogP contribution in [0, 0.1) is 0 Å². The summed E-state index contributed by atoms with van der Waals surface area (Å²) in [6.07, 6.45) is 2.91. The summed E-state index contributed by atoms with van der Waals surface area (Å²) in [5, 5.41) is 17.3. The Morgan fingerprint density at radius 1 is 1.63 bits per heavy atom. The quantitative estimate of drug-likeness (QED) is 0.557. The lowest BCUT2D eigenvalue weighted by Gasteiger charge is -2.28. The predicted octanol–water partition coefficient (Wildman–Crippen LogP) is 1.53. The molecule has 2 N–H and O–H groups in total. The molecule has 1 rings (SSSR count). The zero-order valence-corrected chi connectivity index (χ0v) is 12.7. The number of aryl methyl sites for hydroxylation is 1. The van der Waals surface area contributed by atoms with Gasteiger partial charge in [-0.2, -0.15) is 5.10 Å². The number of carboxylic acid groups (broad SMARTS) is 1. The number of aliphatic carboxylic acids is 1. The van der Waals surface area contributed by atoms with Crippen molar-refractivity contribution in [2.24, 2.45) is 7.05 Å². The van der Waals surface area contributed by atoms with Crippen LogP contribution in [-0.4, -0.2) is 43.2 Å². The molecule has 0 saturated heterocycles. The maximum atomic E-state index is 11.3. The van der Waals surface area contributed by atoms with Gasteiger partial charge < -0.3 is 5.11 Å². The van der Waals surface area contributed by atoms with E-state index in [-0.39, 0.29) is 6.04 Å². The van der Waals surface area contributed by atoms with Crippen LogP contribution in [-0.2, 0) is 11.8 Å². The van der Waals surface area contributed by atoms with Crippen LogP contribution in [0.3, 0.4) is 0 Å². The first-order chi connectivity index (χ1) is 8.85. The molecule has 0 bridgehead atoms. The highest BCUT2D eigenvalue weighted by molar-refractivity contribution is 7.99. The van der Waals surface area contributed by atoms with Gasteiger partial charge in [-0.3, -0.25) is 10.1 Å². The summed E-state index contributed by atoms with van der Waals surface area (Å²) in [7, 11) is 1.84. The standard InChI is InChI=1S/C12H22N4O2S/c1-9(2)15-12(3,10(17)18)6-5-7-19-11-13-8-14-16(11)4/h8-9,15H,5-7H2,1-4H3,(H,17,18). The summed E-state index contributed by atoms with van der Waals surface area (Å²) in [5.41, 5.74) is -0.866. The zero-order valence-electron chi connectivity index (χ0n) is 11.9. The Hall–Kier alpha value is -1.08. The molecule has 1 aromatic rings. The lowest BCUT2D eigenvalue weighted by molar-refractivity contribution is -0.144. The third kappa shape index (κ3) is 4.83. The smallest absolute Gasteiger partial charge is 0.323 e. The average Bonchev–Trinajstić information content (AvgIpc) is 2.69. The molecule has 0 amide bonds. The van der Waals surface area contributed by atoms with Crippen molar-refractivity contribution < 1.29 is 9.90 Å². The third-order valence-electron chi connectivity index (χ3n) is 2.80. The van der Waals surface area contributed by atoms with Crippen LogP contribution in [0.25, 0.3) is 0 Å². The maximum Gasteiger partial charge on any atom is 0.323 e. The molecule has 7 heteroatoms. The highest BCUT2D eigenvalue weighted by Crippen LogP contribution is 2.19. The molecule has 0 aromatic carbocycles. The van der Waals surface area contributed by atoms with Crippen LogP contribution in [0.15, 0.2) is 11.5 Å². The summed E-state index contributed by atoms with van der Waals surface area (Å²) in [4.78, 5) is 15.5. The van der Waals surface area contributed by atoms with Crippen molar-refractivity contribution in [3.8, 4) is 0 Å². The number of carboxylic acids is 1. The van der Waals surface area contributed by atoms with E-state index in [4.69, 9.17) is 0 Å². The molecule has 19 heavy (non-hydrogen) atoms. The van der Waals surface area contributed by atoms with Crippen molar-refractivity contribution in [2.75, 3.05) is 5.75 Å². The molecule has 108 valence electrons. The van der Waals surface area contributed by atoms with Crippen molar-refractivity contribution >= 4 is 17.7 Å². The van der Waals surface area contributed by atoms with E-state index >= 15 is 0 Å². The first-order valence-electron chi connectivity index (χ1n) is 6.33. The average molecular weight is 286 g/mol. The molecule has 0 fully saturated rings. The van der Waals surface area contributed by atoms with Crippen LogP contribution in [0.5, 0.6) is 0 Å². The van der Waals surface area contributed by atoms with E-state index in [1.807, 2.05) is 20.9 Å². The van der Waals surface area contributed by atoms with Crippen molar-refractivity contribution in [1.82, 2.24) is 20.1 Å². The van der Waals surface area contributed by atoms with E-state index in [1.54, 1.807) is 23.4 Å². The minimum atomic E-state index is -0.866. The van der Waals surface area contributed by atoms with E-state index in [0.717, 1.165) is 17.3 Å². The fourth-order valence-corrected chi connectivity index (χ4v) is 2.71. The van der Waals surface area contributed by atoms with Gasteiger partial charge in [0.15, 0.2) is 5.16 Å². The minimum Gasteiger partial charge on any atom is -0.480 e. The van der Waals surface area contributed by atoms with Crippen LogP contribution < -0.4 is 5.32 Å². The second-order valence-corrected chi connectivity index (χ2v) is 6.12. The monoisotopic (exact) mass is 286 g/mol. The Kier molecular flexibility index (Phi) is 5.81. The zero-order chi connectivity index (χ0) is 14.5. The number of aromatic nitrogens is 3. The highest BCUT2D eigenvalue weighted by Gasteiger charge is 2.32. The van der Waals surface area contributed by atoms with E-state index in [2.05, 4.69) is 15.4 Å². The number of nitrogens with one attached hydrogen (secondary N) is 1. The topological polar surface area (TPSA) is 80.0 Å². The van der Waals surface area contributed by atoms with E-state index in [1.165, 1.54) is 6.33 Å². The van der Waals surface area contributed by atoms with Gasteiger partial charge in [0.1, 0.15) is 11.9 Å². The van der Waals surface area contributed by atoms with Crippen LogP contribution in [0.2, 0.25) is 0 Å². The third-order valence-corrected chi connectivity index (χ3v) is 3.92. The molecule has 0 saturated carbocycles. The fourth-order valence-electron chi connectivity index (χ4n) is 1.88. The number of rotatable bonds is 8. The maximum absolute atomic E-state index is 11.3. The van der Waals surface area contributed by atoms with Gasteiger partial charge in [-0.05, 0) is 33.6 Å². The Labute approximate surface area is 118 Å². The van der Waals surface area contributed by atoms with Gasteiger partial charge in [-0.1, -0.05) is 11.8 Å². The van der Waals surface area contributed by atoms with Gasteiger partial charge >= 0.3 is 5.97 Å². The molecule has 0 radical (unpaired) electrons. The Morgan fingerprint density at radius 3 is 2.79 bits per heavy atom. The molecule has 6 nitrogen and oxygen atoms in total. The van der Waals surface area contributed by atoms with Gasteiger partial charge in [-0.15, -0.1) is 0 Å². The summed E-state index contributed by atoms with van der Waals surface area (Å²) in [6, 6.07) is 0.146. The number of thioether (sulfide) groups is 1. The largest absolute Gasteiger partial charge is 0.480 e. The Balaban J connectivity index is 2.41. The van der Waals surface area contributed by atoms with Crippen molar-refractivity contribution in [1.29, 1.82) is 0 Å². The highest BCUT2D eigenvalue weighted by atomic mass is 32.2. The molecule has 0 aliphatic carbocycles. The first kappa shape index (κ1) is 16.0. The number of hydrogen-bond donors (Lipinski definition) is 2. The van der Waals surface area contributed by atoms with Gasteiger partial charge in [0.25, 0.3) is 0 Å². The predicted molar refractivity (Wildman–Crippen MR) is 75.3 cm³/mol. The molecule has 1 atom stereocenters. The van der Waals surface area contributed by atoms with Gasteiger partial charge in [0.05, 0.1) is 0 Å². The first-order valence-corrected chi connectivity index (χ1v) is 7.31. The second kappa shape index (κ2) is 6.91. The van der Waals surface area contributed by atoms with Gasteiger partial charge in [0, 0.05) is 18.8 Å². The molecule has 1 heterocycles. The lowest BCUT2D eigenvalue weighted by atomic mass is 9.95. The Morgan fingerprint density at radius 2 is 2.32 bits per heavy atom. The van der Waals surface area contributed by atoms with Crippen molar-refractivity contribution in [3.05, 3.63) is 6.33 Å². The minimum absolute atomic E-state index is 0.146. The molecule has 0 spiro atoms. The molecule has 0 aliphatic rings. The van der Waals surface area contributed by atoms with Crippen LogP contribution in [0.1, 0.15) is 33.6 Å². The number of hydrogen-bond acceptors (Lipinski definition) is 5. The number of carbonyl (C=O) groups is 1. The van der Waals surface area contributed by atoms with Crippen molar-refractivity contribution in [3.63, 3.8) is 0 Å². The van der Waals surface area contributed by atoms with Crippen LogP contribution >= 0.6 is 11.8 Å². The lowest BCUT2D eigenvalue weighted by Crippen LogP contribution is -2.52. The normalized spacial score (nSPS) is 14.6. The fraction of sp³-hybridized carbons (Fsp3) is 0.750. The summed E-state index contributed by atoms with van der Waals surface area (Å²) in [6.45, 7) is 5.65. The molecule has 1 unspecified atom stereocenters. The molecule has 0 aliphatic heterocycles. The molecular formula is C12H22N4O2S. The SMILES string of the molecule is CC(C)NC(C)(CCCSc1ncnn1C)C(=O)O. The van der Waals surface area contributed by atoms with Gasteiger partial charge in [-0.25, -0.2) is 9.67 Å². The Bertz CT molecular complexity index is 422. The molecular weight excluding hydrogens is 264 g/mol. The molecule has 1 aromatic heterocycles. The summed E-state index contributed by atoms with van der Waals surface area (Å²) < 4.78 is 1.72. The van der Waals surface area contributed by atoms with E-state index in [9.17, 15) is 9.90 Å². The van der Waals surface area contributed by atoms with Crippen molar-refractivity contribution in [2.45, 2.75) is 50.4 Å². The second-order valence-electron chi connectivity index (χ2n) is 5.05. The summed E-state index contributed by atoms with van der Waals surface area (Å²) in [5.74, 6) is 0.0275. The summed E-state index contributed by atoms with van der Waals surface area (Å²) >= 11 is 1.59.